The minimum absolute atomic E-state index is 0.0304. The second-order valence-electron chi connectivity index (χ2n) is 5.90. The highest BCUT2D eigenvalue weighted by Crippen LogP contribution is 2.28. The van der Waals surface area contributed by atoms with E-state index in [1.165, 1.54) is 12.1 Å². The molecule has 2 N–H and O–H groups in total. The predicted octanol–water partition coefficient (Wildman–Crippen LogP) is 5.49. The van der Waals surface area contributed by atoms with Crippen LogP contribution in [0.5, 0.6) is 0 Å². The molecule has 2 amide bonds. The molecule has 2 aromatic carbocycles. The average Bonchev–Trinajstić information content (AvgIpc) is 2.54. The summed E-state index contributed by atoms with van der Waals surface area (Å²) in [5.41, 5.74) is 3.25. The van der Waals surface area contributed by atoms with Gasteiger partial charge in [0.1, 0.15) is 5.82 Å². The lowest BCUT2D eigenvalue weighted by Gasteiger charge is -2.18. The molecular weight excluding hydrogens is 327 g/mol. The van der Waals surface area contributed by atoms with Crippen LogP contribution < -0.4 is 10.6 Å². The number of aryl methyl sites for hydroxylation is 1. The maximum atomic E-state index is 13.8. The number of hydrogen-bond donors (Lipinski definition) is 2. The highest BCUT2D eigenvalue weighted by Gasteiger charge is 2.14. The molecule has 24 heavy (non-hydrogen) atoms. The normalized spacial score (nSPS) is 10.8. The molecular formula is C19H22ClFN2O. The molecule has 3 nitrogen and oxygen atoms in total. The van der Waals surface area contributed by atoms with Crippen molar-refractivity contribution >= 4 is 23.3 Å². The first-order valence-electron chi connectivity index (χ1n) is 8.03. The molecule has 0 aliphatic heterocycles. The molecule has 0 fully saturated rings. The summed E-state index contributed by atoms with van der Waals surface area (Å²) < 4.78 is 13.8. The van der Waals surface area contributed by atoms with Gasteiger partial charge in [0.15, 0.2) is 0 Å². The van der Waals surface area contributed by atoms with Crippen LogP contribution in [-0.4, -0.2) is 6.03 Å². The number of rotatable bonds is 5. The van der Waals surface area contributed by atoms with Gasteiger partial charge < -0.3 is 10.6 Å². The van der Waals surface area contributed by atoms with Crippen molar-refractivity contribution in [3.63, 3.8) is 0 Å². The van der Waals surface area contributed by atoms with Gasteiger partial charge in [-0.15, -0.1) is 0 Å². The van der Waals surface area contributed by atoms with E-state index < -0.39 is 5.82 Å². The third-order valence-electron chi connectivity index (χ3n) is 3.91. The molecule has 2 rings (SSSR count). The second kappa shape index (κ2) is 8.15. The molecule has 0 radical (unpaired) electrons. The summed E-state index contributed by atoms with van der Waals surface area (Å²) in [6, 6.07) is 10.1. The number of hydrogen-bond acceptors (Lipinski definition) is 1. The molecule has 128 valence electrons. The molecule has 0 aliphatic carbocycles. The molecule has 0 heterocycles. The van der Waals surface area contributed by atoms with Gasteiger partial charge in [0.05, 0.1) is 0 Å². The van der Waals surface area contributed by atoms with Crippen molar-refractivity contribution in [2.24, 2.45) is 0 Å². The van der Waals surface area contributed by atoms with E-state index in [4.69, 9.17) is 11.6 Å². The zero-order chi connectivity index (χ0) is 17.7. The topological polar surface area (TPSA) is 41.1 Å². The van der Waals surface area contributed by atoms with Gasteiger partial charge in [-0.25, -0.2) is 9.18 Å². The summed E-state index contributed by atoms with van der Waals surface area (Å²) in [5, 5.41) is 5.88. The van der Waals surface area contributed by atoms with E-state index in [1.807, 2.05) is 25.1 Å². The standard InChI is InChI=1S/C19H22ClFN2O/c1-4-13-7-5-8-14(12(2)3)18(13)23-19(24)22-11-15-16(20)9-6-10-17(15)21/h5-10,12H,4,11H2,1-3H3,(H2,22,23,24). The quantitative estimate of drug-likeness (QED) is 0.737. The lowest BCUT2D eigenvalue weighted by molar-refractivity contribution is 0.251. The van der Waals surface area contributed by atoms with E-state index in [9.17, 15) is 9.18 Å². The largest absolute Gasteiger partial charge is 0.334 e. The Hall–Kier alpha value is -2.07. The molecule has 0 unspecified atom stereocenters. The number of benzene rings is 2. The zero-order valence-electron chi connectivity index (χ0n) is 14.1. The van der Waals surface area contributed by atoms with Gasteiger partial charge in [-0.3, -0.25) is 0 Å². The molecule has 0 bridgehead atoms. The van der Waals surface area contributed by atoms with Gasteiger partial charge in [-0.1, -0.05) is 56.6 Å². The zero-order valence-corrected chi connectivity index (χ0v) is 14.9. The number of nitrogens with one attached hydrogen (secondary N) is 2. The Kier molecular flexibility index (Phi) is 6.21. The number of urea groups is 1. The van der Waals surface area contributed by atoms with Crippen LogP contribution in [0, 0.1) is 5.82 Å². The Morgan fingerprint density at radius 1 is 1.21 bits per heavy atom. The van der Waals surface area contributed by atoms with Gasteiger partial charge in [0, 0.05) is 22.8 Å². The molecule has 0 atom stereocenters. The third-order valence-corrected chi connectivity index (χ3v) is 4.27. The smallest absolute Gasteiger partial charge is 0.319 e. The number of carbonyl (C=O) groups excluding carboxylic acids is 1. The Bertz CT molecular complexity index is 711. The molecule has 0 aliphatic rings. The fourth-order valence-electron chi connectivity index (χ4n) is 2.58. The summed E-state index contributed by atoms with van der Waals surface area (Å²) >= 11 is 5.98. The SMILES string of the molecule is CCc1cccc(C(C)C)c1NC(=O)NCc1c(F)cccc1Cl. The summed E-state index contributed by atoms with van der Waals surface area (Å²) in [5.74, 6) is -0.146. The maximum Gasteiger partial charge on any atom is 0.319 e. The Labute approximate surface area is 147 Å². The van der Waals surface area contributed by atoms with Crippen LogP contribution in [0.25, 0.3) is 0 Å². The molecule has 0 aromatic heterocycles. The van der Waals surface area contributed by atoms with Gasteiger partial charge in [0.2, 0.25) is 0 Å². The first-order valence-corrected chi connectivity index (χ1v) is 8.41. The Balaban J connectivity index is 2.13. The van der Waals surface area contributed by atoms with Crippen LogP contribution in [0.3, 0.4) is 0 Å². The van der Waals surface area contributed by atoms with Crippen molar-refractivity contribution < 1.29 is 9.18 Å². The summed E-state index contributed by atoms with van der Waals surface area (Å²) in [7, 11) is 0. The van der Waals surface area contributed by atoms with E-state index in [-0.39, 0.29) is 24.1 Å². The molecule has 0 spiro atoms. The number of carbonyl (C=O) groups is 1. The van der Waals surface area contributed by atoms with Crippen molar-refractivity contribution in [1.29, 1.82) is 0 Å². The van der Waals surface area contributed by atoms with Gasteiger partial charge in [0.25, 0.3) is 0 Å². The van der Waals surface area contributed by atoms with Gasteiger partial charge >= 0.3 is 6.03 Å². The van der Waals surface area contributed by atoms with Crippen molar-refractivity contribution in [3.8, 4) is 0 Å². The number of amides is 2. The van der Waals surface area contributed by atoms with Gasteiger partial charge in [-0.2, -0.15) is 0 Å². The van der Waals surface area contributed by atoms with Crippen molar-refractivity contribution in [1.82, 2.24) is 5.32 Å². The van der Waals surface area contributed by atoms with Crippen LogP contribution in [0.1, 0.15) is 43.4 Å². The maximum absolute atomic E-state index is 13.8. The van der Waals surface area contributed by atoms with Crippen LogP contribution in [0.2, 0.25) is 5.02 Å². The van der Waals surface area contributed by atoms with Crippen LogP contribution in [0.15, 0.2) is 36.4 Å². The van der Waals surface area contributed by atoms with Gasteiger partial charge in [-0.05, 0) is 35.6 Å². The first-order chi connectivity index (χ1) is 11.4. The lowest BCUT2D eigenvalue weighted by atomic mass is 9.96. The van der Waals surface area contributed by atoms with E-state index in [0.717, 1.165) is 23.2 Å². The lowest BCUT2D eigenvalue weighted by Crippen LogP contribution is -2.29. The van der Waals surface area contributed by atoms with E-state index >= 15 is 0 Å². The highest BCUT2D eigenvalue weighted by molar-refractivity contribution is 6.31. The Morgan fingerprint density at radius 2 is 1.92 bits per heavy atom. The molecule has 5 heteroatoms. The second-order valence-corrected chi connectivity index (χ2v) is 6.30. The van der Waals surface area contributed by atoms with Crippen LogP contribution in [0.4, 0.5) is 14.9 Å². The highest BCUT2D eigenvalue weighted by atomic mass is 35.5. The van der Waals surface area contributed by atoms with E-state index in [2.05, 4.69) is 24.5 Å². The third kappa shape index (κ3) is 4.26. The minimum Gasteiger partial charge on any atom is -0.334 e. The number of halogens is 2. The minimum atomic E-state index is -0.431. The van der Waals surface area contributed by atoms with Crippen LogP contribution in [-0.2, 0) is 13.0 Å². The summed E-state index contributed by atoms with van der Waals surface area (Å²) in [6.45, 7) is 6.23. The molecule has 0 saturated heterocycles. The summed E-state index contributed by atoms with van der Waals surface area (Å²) in [6.07, 6.45) is 0.815. The van der Waals surface area contributed by atoms with E-state index in [1.54, 1.807) is 6.07 Å². The average molecular weight is 349 g/mol. The predicted molar refractivity (Wildman–Crippen MR) is 97.2 cm³/mol. The number of anilines is 1. The molecule has 2 aromatic rings. The number of para-hydroxylation sites is 1. The van der Waals surface area contributed by atoms with Crippen molar-refractivity contribution in [2.75, 3.05) is 5.32 Å². The molecule has 0 saturated carbocycles. The van der Waals surface area contributed by atoms with Crippen LogP contribution >= 0.6 is 11.6 Å². The fraction of sp³-hybridized carbons (Fsp3) is 0.316. The van der Waals surface area contributed by atoms with Crippen molar-refractivity contribution in [2.45, 2.75) is 39.7 Å². The monoisotopic (exact) mass is 348 g/mol. The summed E-state index contributed by atoms with van der Waals surface area (Å²) in [4.78, 5) is 12.3. The fourth-order valence-corrected chi connectivity index (χ4v) is 2.81. The Morgan fingerprint density at radius 3 is 2.54 bits per heavy atom. The van der Waals surface area contributed by atoms with Crippen molar-refractivity contribution in [3.05, 3.63) is 63.9 Å². The van der Waals surface area contributed by atoms with E-state index in [0.29, 0.717) is 5.02 Å². The first kappa shape index (κ1) is 18.3.